The third-order valence-corrected chi connectivity index (χ3v) is 2.42. The number of benzene rings is 1. The van der Waals surface area contributed by atoms with Gasteiger partial charge in [0.15, 0.2) is 0 Å². The average Bonchev–Trinajstić information content (AvgIpc) is 2.57. The second-order valence-electron chi connectivity index (χ2n) is 3.21. The van der Waals surface area contributed by atoms with E-state index in [1.54, 1.807) is 0 Å². The Hall–Kier alpha value is -1.83. The molecule has 0 bridgehead atoms. The maximum absolute atomic E-state index is 12.7. The predicted molar refractivity (Wildman–Crippen MR) is 56.6 cm³/mol. The summed E-state index contributed by atoms with van der Waals surface area (Å²) in [5.41, 5.74) is -1.96. The van der Waals surface area contributed by atoms with Gasteiger partial charge in [-0.25, -0.2) is 14.5 Å². The molecule has 1 heterocycles. The van der Waals surface area contributed by atoms with Crippen molar-refractivity contribution in [2.45, 2.75) is 6.18 Å². The van der Waals surface area contributed by atoms with E-state index < -0.39 is 17.4 Å². The molecule has 2 N–H and O–H groups in total. The minimum absolute atomic E-state index is 0.119. The topological polar surface area (TPSA) is 53.6 Å². The van der Waals surface area contributed by atoms with Gasteiger partial charge in [-0.3, -0.25) is 5.10 Å². The molecule has 0 unspecified atom stereocenters. The second kappa shape index (κ2) is 3.88. The molecule has 8 heteroatoms. The van der Waals surface area contributed by atoms with E-state index in [1.165, 1.54) is 18.2 Å². The Morgan fingerprint density at radius 3 is 2.35 bits per heavy atom. The highest BCUT2D eigenvalue weighted by atomic mass is 32.1. The summed E-state index contributed by atoms with van der Waals surface area (Å²) < 4.78 is 38.8. The van der Waals surface area contributed by atoms with Crippen LogP contribution in [0.15, 0.2) is 29.1 Å². The van der Waals surface area contributed by atoms with Gasteiger partial charge in [0.25, 0.3) is 0 Å². The van der Waals surface area contributed by atoms with Crippen LogP contribution in [0.1, 0.15) is 5.56 Å². The van der Waals surface area contributed by atoms with E-state index in [0.29, 0.717) is 0 Å². The third kappa shape index (κ3) is 2.03. The number of H-pyrrole nitrogens is 2. The van der Waals surface area contributed by atoms with E-state index in [0.717, 1.165) is 10.6 Å². The maximum Gasteiger partial charge on any atom is 0.418 e. The molecule has 1 aromatic carbocycles. The molecule has 0 spiro atoms. The van der Waals surface area contributed by atoms with Gasteiger partial charge in [0.05, 0.1) is 11.3 Å². The van der Waals surface area contributed by atoms with Crippen molar-refractivity contribution >= 4 is 12.2 Å². The van der Waals surface area contributed by atoms with Crippen LogP contribution in [0.5, 0.6) is 0 Å². The minimum atomic E-state index is -4.55. The third-order valence-electron chi connectivity index (χ3n) is 2.13. The summed E-state index contributed by atoms with van der Waals surface area (Å²) in [7, 11) is 0. The van der Waals surface area contributed by atoms with Crippen molar-refractivity contribution in [3.05, 3.63) is 45.1 Å². The zero-order chi connectivity index (χ0) is 12.6. The summed E-state index contributed by atoms with van der Waals surface area (Å²) >= 11 is 4.75. The zero-order valence-electron chi connectivity index (χ0n) is 8.21. The fraction of sp³-hybridized carbons (Fsp3) is 0.111. The molecule has 0 aliphatic heterocycles. The Bertz CT molecular complexity index is 625. The molecule has 0 aliphatic rings. The highest BCUT2D eigenvalue weighted by molar-refractivity contribution is 7.71. The molecule has 2 aromatic rings. The van der Waals surface area contributed by atoms with E-state index in [9.17, 15) is 18.0 Å². The number of hydrogen-bond acceptors (Lipinski definition) is 2. The number of alkyl halides is 3. The van der Waals surface area contributed by atoms with Gasteiger partial charge in [-0.15, -0.1) is 0 Å². The van der Waals surface area contributed by atoms with Crippen molar-refractivity contribution in [2.24, 2.45) is 0 Å². The lowest BCUT2D eigenvalue weighted by Crippen LogP contribution is -2.19. The van der Waals surface area contributed by atoms with E-state index >= 15 is 0 Å². The van der Waals surface area contributed by atoms with Crippen LogP contribution < -0.4 is 5.69 Å². The van der Waals surface area contributed by atoms with Gasteiger partial charge in [0, 0.05) is 0 Å². The summed E-state index contributed by atoms with van der Waals surface area (Å²) in [6, 6.07) is 4.72. The molecule has 0 saturated carbocycles. The Morgan fingerprint density at radius 2 is 1.82 bits per heavy atom. The van der Waals surface area contributed by atoms with Crippen LogP contribution in [0.2, 0.25) is 0 Å². The van der Waals surface area contributed by atoms with Crippen molar-refractivity contribution in [3.63, 3.8) is 0 Å². The Kier molecular flexibility index (Phi) is 2.66. The molecule has 0 fully saturated rings. The van der Waals surface area contributed by atoms with Crippen molar-refractivity contribution in [3.8, 4) is 5.69 Å². The van der Waals surface area contributed by atoms with Crippen LogP contribution in [-0.4, -0.2) is 14.8 Å². The van der Waals surface area contributed by atoms with Gasteiger partial charge in [-0.1, -0.05) is 12.1 Å². The van der Waals surface area contributed by atoms with Crippen LogP contribution in [0.4, 0.5) is 13.2 Å². The van der Waals surface area contributed by atoms with Crippen LogP contribution in [0.25, 0.3) is 5.69 Å². The normalized spacial score (nSPS) is 11.7. The lowest BCUT2D eigenvalue weighted by Gasteiger charge is -2.11. The number of nitrogens with one attached hydrogen (secondary N) is 2. The van der Waals surface area contributed by atoms with Crippen molar-refractivity contribution in [1.29, 1.82) is 0 Å². The maximum atomic E-state index is 12.7. The number of halogens is 3. The average molecular weight is 261 g/mol. The van der Waals surface area contributed by atoms with E-state index in [1.807, 2.05) is 0 Å². The molecule has 0 saturated heterocycles. The van der Waals surface area contributed by atoms with Crippen LogP contribution in [0, 0.1) is 4.77 Å². The monoisotopic (exact) mass is 261 g/mol. The molecular weight excluding hydrogens is 255 g/mol. The smallest absolute Gasteiger partial charge is 0.272 e. The number of aromatic amines is 2. The molecule has 0 aliphatic carbocycles. The first kappa shape index (κ1) is 11.6. The highest BCUT2D eigenvalue weighted by Crippen LogP contribution is 2.33. The van der Waals surface area contributed by atoms with Crippen molar-refractivity contribution < 1.29 is 13.2 Å². The standard InChI is InChI=1S/C9H6F3N3OS/c10-9(11,12)5-3-1-2-4-6(5)15-7(16)13-14-8(15)17/h1-4H,(H,13,16)(H,14,17). The van der Waals surface area contributed by atoms with Gasteiger partial charge in [0.1, 0.15) is 0 Å². The van der Waals surface area contributed by atoms with E-state index in [2.05, 4.69) is 10.2 Å². The minimum Gasteiger partial charge on any atom is -0.272 e. The number of hydrogen-bond donors (Lipinski definition) is 2. The van der Waals surface area contributed by atoms with E-state index in [-0.39, 0.29) is 10.5 Å². The van der Waals surface area contributed by atoms with Gasteiger partial charge in [-0.05, 0) is 24.4 Å². The first-order chi connectivity index (χ1) is 7.91. The number of nitrogens with zero attached hydrogens (tertiary/aromatic N) is 1. The predicted octanol–water partition coefficient (Wildman–Crippen LogP) is 2.24. The largest absolute Gasteiger partial charge is 0.418 e. The summed E-state index contributed by atoms with van der Waals surface area (Å²) in [5, 5.41) is 4.41. The molecular formula is C9H6F3N3OS. The molecule has 2 rings (SSSR count). The van der Waals surface area contributed by atoms with Crippen LogP contribution in [0.3, 0.4) is 0 Å². The Morgan fingerprint density at radius 1 is 1.18 bits per heavy atom. The molecule has 1 aromatic heterocycles. The first-order valence-electron chi connectivity index (χ1n) is 4.47. The molecule has 0 radical (unpaired) electrons. The van der Waals surface area contributed by atoms with Gasteiger partial charge in [-0.2, -0.15) is 13.2 Å². The first-order valence-corrected chi connectivity index (χ1v) is 4.88. The van der Waals surface area contributed by atoms with Gasteiger partial charge in [0.2, 0.25) is 4.77 Å². The fourth-order valence-corrected chi connectivity index (χ4v) is 1.67. The van der Waals surface area contributed by atoms with E-state index in [4.69, 9.17) is 12.2 Å². The lowest BCUT2D eigenvalue weighted by atomic mass is 10.1. The van der Waals surface area contributed by atoms with Gasteiger partial charge >= 0.3 is 11.9 Å². The molecule has 0 atom stereocenters. The number of aromatic nitrogens is 3. The second-order valence-corrected chi connectivity index (χ2v) is 3.60. The van der Waals surface area contributed by atoms with Gasteiger partial charge < -0.3 is 0 Å². The summed E-state index contributed by atoms with van der Waals surface area (Å²) in [6.45, 7) is 0. The Balaban J connectivity index is 2.78. The van der Waals surface area contributed by atoms with Crippen LogP contribution >= 0.6 is 12.2 Å². The summed E-state index contributed by atoms with van der Waals surface area (Å²) in [4.78, 5) is 11.4. The van der Waals surface area contributed by atoms with Crippen LogP contribution in [-0.2, 0) is 6.18 Å². The Labute approximate surface area is 97.7 Å². The molecule has 0 amide bonds. The SMILES string of the molecule is O=c1[nH][nH]c(=S)n1-c1ccccc1C(F)(F)F. The highest BCUT2D eigenvalue weighted by Gasteiger charge is 2.34. The molecule has 4 nitrogen and oxygen atoms in total. The number of para-hydroxylation sites is 1. The van der Waals surface area contributed by atoms with Crippen molar-refractivity contribution in [2.75, 3.05) is 0 Å². The fourth-order valence-electron chi connectivity index (χ4n) is 1.44. The number of rotatable bonds is 1. The summed E-state index contributed by atoms with van der Waals surface area (Å²) in [5.74, 6) is 0. The molecule has 17 heavy (non-hydrogen) atoms. The summed E-state index contributed by atoms with van der Waals surface area (Å²) in [6.07, 6.45) is -4.55. The lowest BCUT2D eigenvalue weighted by molar-refractivity contribution is -0.137. The quantitative estimate of drug-likeness (QED) is 0.773. The zero-order valence-corrected chi connectivity index (χ0v) is 9.02. The molecule has 90 valence electrons. The van der Waals surface area contributed by atoms with Crippen molar-refractivity contribution in [1.82, 2.24) is 14.8 Å².